The summed E-state index contributed by atoms with van der Waals surface area (Å²) in [5, 5.41) is 0.705. The molecular formula is C11H8ClNO. The van der Waals surface area contributed by atoms with Crippen LogP contribution in [-0.2, 0) is 11.2 Å². The van der Waals surface area contributed by atoms with Gasteiger partial charge in [-0.3, -0.25) is 9.79 Å². The fourth-order valence-electron chi connectivity index (χ4n) is 1.30. The van der Waals surface area contributed by atoms with Gasteiger partial charge in [-0.05, 0) is 17.7 Å². The molecule has 0 atom stereocenters. The molecule has 0 aromatic heterocycles. The molecule has 0 unspecified atom stereocenters. The number of hydrogen-bond acceptors (Lipinski definition) is 2. The third-order valence-corrected chi connectivity index (χ3v) is 2.30. The maximum Gasteiger partial charge on any atom is 0.201 e. The quantitative estimate of drug-likeness (QED) is 0.729. The second kappa shape index (κ2) is 3.76. The summed E-state index contributed by atoms with van der Waals surface area (Å²) in [6.45, 7) is 0. The van der Waals surface area contributed by atoms with Gasteiger partial charge in [0.1, 0.15) is 0 Å². The van der Waals surface area contributed by atoms with Crippen LogP contribution in [0.15, 0.2) is 41.0 Å². The van der Waals surface area contributed by atoms with Gasteiger partial charge in [0.15, 0.2) is 0 Å². The van der Waals surface area contributed by atoms with Gasteiger partial charge >= 0.3 is 0 Å². The van der Waals surface area contributed by atoms with Crippen molar-refractivity contribution < 1.29 is 4.79 Å². The van der Waals surface area contributed by atoms with E-state index in [0.717, 1.165) is 11.1 Å². The predicted molar refractivity (Wildman–Crippen MR) is 56.7 cm³/mol. The first-order valence-electron chi connectivity index (χ1n) is 4.27. The van der Waals surface area contributed by atoms with Crippen molar-refractivity contribution in [3.05, 3.63) is 46.6 Å². The maximum absolute atomic E-state index is 11.2. The van der Waals surface area contributed by atoms with Crippen LogP contribution in [0.5, 0.6) is 0 Å². The molecule has 1 aromatic carbocycles. The molecule has 1 aliphatic rings. The van der Waals surface area contributed by atoms with Gasteiger partial charge in [-0.15, -0.1) is 0 Å². The first-order valence-corrected chi connectivity index (χ1v) is 4.64. The van der Waals surface area contributed by atoms with Crippen LogP contribution >= 0.6 is 11.6 Å². The molecule has 0 amide bonds. The van der Waals surface area contributed by atoms with Gasteiger partial charge in [0.05, 0.1) is 6.21 Å². The number of ketones is 1. The molecule has 0 saturated heterocycles. The number of nitrogens with zero attached hydrogens (tertiary/aromatic N) is 1. The van der Waals surface area contributed by atoms with Crippen LogP contribution in [0.25, 0.3) is 0 Å². The van der Waals surface area contributed by atoms with E-state index in [9.17, 15) is 4.79 Å². The number of benzene rings is 1. The van der Waals surface area contributed by atoms with Crippen LogP contribution in [0.2, 0.25) is 5.02 Å². The lowest BCUT2D eigenvalue weighted by atomic mass is 10.0. The largest absolute Gasteiger partial charge is 0.288 e. The predicted octanol–water partition coefficient (Wildman–Crippen LogP) is 2.42. The normalized spacial score (nSPS) is 14.6. The average Bonchev–Trinajstić information content (AvgIpc) is 2.56. The molecule has 0 N–H and O–H groups in total. The Labute approximate surface area is 86.9 Å². The molecule has 1 heterocycles. The Bertz CT molecular complexity index is 417. The lowest BCUT2D eigenvalue weighted by molar-refractivity contribution is -0.109. The summed E-state index contributed by atoms with van der Waals surface area (Å²) in [4.78, 5) is 15.0. The Morgan fingerprint density at radius 1 is 1.21 bits per heavy atom. The van der Waals surface area contributed by atoms with Gasteiger partial charge in [0, 0.05) is 23.2 Å². The van der Waals surface area contributed by atoms with Gasteiger partial charge in [0.25, 0.3) is 0 Å². The van der Waals surface area contributed by atoms with Crippen LogP contribution < -0.4 is 0 Å². The van der Waals surface area contributed by atoms with Crippen molar-refractivity contribution in [2.24, 2.45) is 4.99 Å². The molecule has 0 bridgehead atoms. The van der Waals surface area contributed by atoms with Gasteiger partial charge in [-0.25, -0.2) is 0 Å². The Morgan fingerprint density at radius 2 is 1.93 bits per heavy atom. The zero-order valence-electron chi connectivity index (χ0n) is 7.40. The number of carbonyl (C=O) groups is 1. The first-order chi connectivity index (χ1) is 6.75. The van der Waals surface area contributed by atoms with E-state index < -0.39 is 0 Å². The van der Waals surface area contributed by atoms with Crippen molar-refractivity contribution in [3.8, 4) is 0 Å². The maximum atomic E-state index is 11.2. The van der Waals surface area contributed by atoms with E-state index >= 15 is 0 Å². The molecule has 0 radical (unpaired) electrons. The summed E-state index contributed by atoms with van der Waals surface area (Å²) in [6, 6.07) is 7.46. The number of rotatable bonds is 2. The third kappa shape index (κ3) is 1.91. The van der Waals surface area contributed by atoms with Crippen molar-refractivity contribution >= 4 is 23.6 Å². The summed E-state index contributed by atoms with van der Waals surface area (Å²) in [5.74, 6) is -0.0000463. The molecule has 0 fully saturated rings. The molecule has 3 heteroatoms. The Morgan fingerprint density at radius 3 is 2.50 bits per heavy atom. The molecule has 0 spiro atoms. The molecule has 2 rings (SSSR count). The van der Waals surface area contributed by atoms with Crippen LogP contribution in [0.1, 0.15) is 5.56 Å². The lowest BCUT2D eigenvalue weighted by Crippen LogP contribution is -2.01. The Hall–Kier alpha value is -1.41. The minimum Gasteiger partial charge on any atom is -0.288 e. The molecule has 14 heavy (non-hydrogen) atoms. The monoisotopic (exact) mass is 205 g/mol. The smallest absolute Gasteiger partial charge is 0.201 e. The van der Waals surface area contributed by atoms with E-state index in [2.05, 4.69) is 4.99 Å². The van der Waals surface area contributed by atoms with Crippen LogP contribution in [0.3, 0.4) is 0 Å². The van der Waals surface area contributed by atoms with Crippen LogP contribution in [0, 0.1) is 0 Å². The number of hydrogen-bond donors (Lipinski definition) is 0. The Kier molecular flexibility index (Phi) is 2.46. The highest BCUT2D eigenvalue weighted by Gasteiger charge is 2.11. The van der Waals surface area contributed by atoms with Crippen molar-refractivity contribution in [2.45, 2.75) is 6.42 Å². The van der Waals surface area contributed by atoms with E-state index in [-0.39, 0.29) is 5.78 Å². The van der Waals surface area contributed by atoms with Crippen LogP contribution in [-0.4, -0.2) is 12.0 Å². The van der Waals surface area contributed by atoms with E-state index in [1.165, 1.54) is 6.21 Å². The first kappa shape index (κ1) is 9.16. The average molecular weight is 206 g/mol. The summed E-state index contributed by atoms with van der Waals surface area (Å²) < 4.78 is 0. The zero-order chi connectivity index (χ0) is 9.97. The van der Waals surface area contributed by atoms with Crippen molar-refractivity contribution in [3.63, 3.8) is 0 Å². The fourth-order valence-corrected chi connectivity index (χ4v) is 1.42. The van der Waals surface area contributed by atoms with E-state index in [1.54, 1.807) is 6.20 Å². The van der Waals surface area contributed by atoms with Crippen LogP contribution in [0.4, 0.5) is 0 Å². The van der Waals surface area contributed by atoms with Gasteiger partial charge in [-0.2, -0.15) is 0 Å². The highest BCUT2D eigenvalue weighted by atomic mass is 35.5. The summed E-state index contributed by atoms with van der Waals surface area (Å²) in [7, 11) is 0. The fraction of sp³-hybridized carbons (Fsp3) is 0.0909. The van der Waals surface area contributed by atoms with Crippen molar-refractivity contribution in [1.29, 1.82) is 0 Å². The standard InChI is InChI=1S/C11H8ClNO/c12-10-3-1-8(2-4-10)5-9-6-13-7-11(9)14/h1-4,6-7H,5H2. The molecular weight excluding hydrogens is 198 g/mol. The molecule has 70 valence electrons. The van der Waals surface area contributed by atoms with E-state index in [1.807, 2.05) is 24.3 Å². The summed E-state index contributed by atoms with van der Waals surface area (Å²) >= 11 is 5.75. The SMILES string of the molecule is O=C1C=NC=C1Cc1ccc(Cl)cc1. The number of Topliss-reactive ketones (excluding diaryl/α,β-unsaturated/α-hetero) is 1. The number of halogens is 1. The Balaban J connectivity index is 2.12. The molecule has 1 aromatic rings. The topological polar surface area (TPSA) is 29.4 Å². The number of carbonyl (C=O) groups excluding carboxylic acids is 1. The zero-order valence-corrected chi connectivity index (χ0v) is 8.16. The number of allylic oxidation sites excluding steroid dienone is 1. The van der Waals surface area contributed by atoms with Crippen molar-refractivity contribution in [1.82, 2.24) is 0 Å². The summed E-state index contributed by atoms with van der Waals surface area (Å²) in [5.41, 5.74) is 1.80. The highest BCUT2D eigenvalue weighted by molar-refractivity contribution is 6.37. The van der Waals surface area contributed by atoms with Gasteiger partial charge in [0.2, 0.25) is 5.78 Å². The second-order valence-electron chi connectivity index (χ2n) is 3.10. The molecule has 2 nitrogen and oxygen atoms in total. The van der Waals surface area contributed by atoms with E-state index in [0.29, 0.717) is 11.4 Å². The number of aliphatic imine (C=N–C) groups is 1. The molecule has 0 saturated carbocycles. The van der Waals surface area contributed by atoms with Gasteiger partial charge in [-0.1, -0.05) is 23.7 Å². The lowest BCUT2D eigenvalue weighted by Gasteiger charge is -2.00. The minimum atomic E-state index is -0.0000463. The second-order valence-corrected chi connectivity index (χ2v) is 3.54. The molecule has 1 aliphatic heterocycles. The summed E-state index contributed by atoms with van der Waals surface area (Å²) in [6.07, 6.45) is 3.57. The highest BCUT2D eigenvalue weighted by Crippen LogP contribution is 2.14. The van der Waals surface area contributed by atoms with Crippen molar-refractivity contribution in [2.75, 3.05) is 0 Å². The third-order valence-electron chi connectivity index (χ3n) is 2.05. The van der Waals surface area contributed by atoms with E-state index in [4.69, 9.17) is 11.6 Å². The van der Waals surface area contributed by atoms with Gasteiger partial charge < -0.3 is 0 Å². The minimum absolute atomic E-state index is 0.0000463. The molecule has 0 aliphatic carbocycles.